The first-order valence-corrected chi connectivity index (χ1v) is 8.88. The van der Waals surface area contributed by atoms with E-state index in [-0.39, 0.29) is 23.8 Å². The molecule has 0 saturated carbocycles. The molecule has 1 fully saturated rings. The Labute approximate surface area is 169 Å². The van der Waals surface area contributed by atoms with Gasteiger partial charge in [0, 0.05) is 5.56 Å². The Morgan fingerprint density at radius 1 is 1.13 bits per heavy atom. The summed E-state index contributed by atoms with van der Waals surface area (Å²) in [5.74, 6) is -1.83. The lowest BCUT2D eigenvalue weighted by molar-refractivity contribution is -0.131. The Morgan fingerprint density at radius 3 is 2.53 bits per heavy atom. The first-order valence-electron chi connectivity index (χ1n) is 8.88. The molecule has 1 unspecified atom stereocenters. The third-order valence-corrected chi connectivity index (χ3v) is 4.88. The van der Waals surface area contributed by atoms with Crippen molar-refractivity contribution in [1.82, 2.24) is 20.4 Å². The normalized spacial score (nSPS) is 18.6. The van der Waals surface area contributed by atoms with Gasteiger partial charge in [0.05, 0.1) is 7.11 Å². The van der Waals surface area contributed by atoms with E-state index in [1.54, 1.807) is 31.4 Å². The van der Waals surface area contributed by atoms with Crippen molar-refractivity contribution in [2.24, 2.45) is 0 Å². The Hall–Kier alpha value is -3.82. The summed E-state index contributed by atoms with van der Waals surface area (Å²) in [6.45, 7) is 1.14. The van der Waals surface area contributed by atoms with Crippen molar-refractivity contribution in [3.8, 4) is 17.1 Å². The SMILES string of the molecule is COc1ccc(-c2noc(CN3C(=O)NC(C)(c4ccc(F)c(F)c4)C3=O)n2)cc1. The molecule has 1 saturated heterocycles. The van der Waals surface area contributed by atoms with Gasteiger partial charge >= 0.3 is 6.03 Å². The lowest BCUT2D eigenvalue weighted by Crippen LogP contribution is -2.41. The number of halogens is 2. The number of benzene rings is 2. The lowest BCUT2D eigenvalue weighted by Gasteiger charge is -2.22. The maximum absolute atomic E-state index is 13.6. The molecule has 8 nitrogen and oxygen atoms in total. The number of methoxy groups -OCH3 is 1. The van der Waals surface area contributed by atoms with Crippen molar-refractivity contribution < 1.29 is 27.6 Å². The number of aromatic nitrogens is 2. The zero-order valence-corrected chi connectivity index (χ0v) is 16.0. The third-order valence-electron chi connectivity index (χ3n) is 4.88. The predicted octanol–water partition coefficient (Wildman–Crippen LogP) is 2.99. The summed E-state index contributed by atoms with van der Waals surface area (Å²) < 4.78 is 37.1. The minimum Gasteiger partial charge on any atom is -0.497 e. The minimum atomic E-state index is -1.55. The minimum absolute atomic E-state index is 0.0406. The average Bonchev–Trinajstić information content (AvgIpc) is 3.29. The summed E-state index contributed by atoms with van der Waals surface area (Å²) in [5, 5.41) is 6.37. The number of hydrogen-bond acceptors (Lipinski definition) is 6. The Bertz CT molecular complexity index is 1130. The molecule has 4 rings (SSSR count). The summed E-state index contributed by atoms with van der Waals surface area (Å²) in [7, 11) is 1.55. The van der Waals surface area contributed by atoms with E-state index in [4.69, 9.17) is 9.26 Å². The van der Waals surface area contributed by atoms with Crippen LogP contribution >= 0.6 is 0 Å². The standard InChI is InChI=1S/C20H16F2N4O4/c1-20(12-5-8-14(21)15(22)9-12)18(27)26(19(28)24-20)10-16-23-17(25-30-16)11-3-6-13(29-2)7-4-11/h3-9H,10H2,1-2H3,(H,24,28). The van der Waals surface area contributed by atoms with Crippen LogP contribution in [0, 0.1) is 11.6 Å². The molecule has 30 heavy (non-hydrogen) atoms. The first kappa shape index (κ1) is 19.5. The number of imide groups is 1. The number of carbonyl (C=O) groups excluding carboxylic acids is 2. The second-order valence-corrected chi connectivity index (χ2v) is 6.82. The fourth-order valence-corrected chi connectivity index (χ4v) is 3.16. The fourth-order valence-electron chi connectivity index (χ4n) is 3.16. The zero-order valence-electron chi connectivity index (χ0n) is 16.0. The van der Waals surface area contributed by atoms with Crippen molar-refractivity contribution >= 4 is 11.9 Å². The molecule has 1 aromatic heterocycles. The van der Waals surface area contributed by atoms with E-state index in [0.717, 1.165) is 17.0 Å². The number of amides is 3. The second-order valence-electron chi connectivity index (χ2n) is 6.82. The molecule has 3 amide bonds. The van der Waals surface area contributed by atoms with Crippen LogP contribution in [0.5, 0.6) is 5.75 Å². The number of nitrogens with zero attached hydrogens (tertiary/aromatic N) is 3. The van der Waals surface area contributed by atoms with Crippen LogP contribution in [-0.4, -0.2) is 34.1 Å². The van der Waals surface area contributed by atoms with Gasteiger partial charge in [0.2, 0.25) is 11.7 Å². The molecule has 1 N–H and O–H groups in total. The van der Waals surface area contributed by atoms with E-state index < -0.39 is 29.1 Å². The van der Waals surface area contributed by atoms with Gasteiger partial charge in [-0.2, -0.15) is 4.98 Å². The molecule has 0 aliphatic carbocycles. The maximum atomic E-state index is 13.6. The molecule has 1 aliphatic rings. The Kier molecular flexibility index (Phi) is 4.69. The van der Waals surface area contributed by atoms with Crippen molar-refractivity contribution in [1.29, 1.82) is 0 Å². The van der Waals surface area contributed by atoms with E-state index in [1.807, 2.05) is 0 Å². The highest BCUT2D eigenvalue weighted by Gasteiger charge is 2.49. The third kappa shape index (κ3) is 3.25. The van der Waals surface area contributed by atoms with Gasteiger partial charge in [0.25, 0.3) is 5.91 Å². The van der Waals surface area contributed by atoms with Gasteiger partial charge in [-0.05, 0) is 48.9 Å². The Morgan fingerprint density at radius 2 is 1.87 bits per heavy atom. The fraction of sp³-hybridized carbons (Fsp3) is 0.200. The van der Waals surface area contributed by atoms with E-state index in [0.29, 0.717) is 11.3 Å². The van der Waals surface area contributed by atoms with Crippen LogP contribution in [0.25, 0.3) is 11.4 Å². The van der Waals surface area contributed by atoms with Gasteiger partial charge < -0.3 is 14.6 Å². The molecular weight excluding hydrogens is 398 g/mol. The van der Waals surface area contributed by atoms with Crippen LogP contribution in [0.4, 0.5) is 13.6 Å². The van der Waals surface area contributed by atoms with Gasteiger partial charge in [-0.3, -0.25) is 9.69 Å². The average molecular weight is 414 g/mol. The van der Waals surface area contributed by atoms with Crippen LogP contribution in [-0.2, 0) is 16.9 Å². The van der Waals surface area contributed by atoms with Crippen molar-refractivity contribution in [2.45, 2.75) is 19.0 Å². The topological polar surface area (TPSA) is 97.6 Å². The molecule has 2 aromatic carbocycles. The molecule has 2 heterocycles. The number of urea groups is 1. The maximum Gasteiger partial charge on any atom is 0.325 e. The van der Waals surface area contributed by atoms with E-state index in [9.17, 15) is 18.4 Å². The van der Waals surface area contributed by atoms with E-state index in [2.05, 4.69) is 15.5 Å². The number of hydrogen-bond donors (Lipinski definition) is 1. The molecule has 0 bridgehead atoms. The largest absolute Gasteiger partial charge is 0.497 e. The smallest absolute Gasteiger partial charge is 0.325 e. The van der Waals surface area contributed by atoms with Gasteiger partial charge in [-0.1, -0.05) is 11.2 Å². The summed E-state index contributed by atoms with van der Waals surface area (Å²) in [4.78, 5) is 30.4. The quantitative estimate of drug-likeness (QED) is 0.645. The Balaban J connectivity index is 1.55. The highest BCUT2D eigenvalue weighted by Crippen LogP contribution is 2.31. The van der Waals surface area contributed by atoms with Crippen LogP contribution in [0.3, 0.4) is 0 Å². The number of nitrogens with one attached hydrogen (secondary N) is 1. The molecule has 154 valence electrons. The highest BCUT2D eigenvalue weighted by molar-refractivity contribution is 6.07. The molecule has 0 radical (unpaired) electrons. The monoisotopic (exact) mass is 414 g/mol. The predicted molar refractivity (Wildman–Crippen MR) is 99.1 cm³/mol. The summed E-state index contributed by atoms with van der Waals surface area (Å²) in [6.07, 6.45) is 0. The van der Waals surface area contributed by atoms with Gasteiger partial charge in [-0.25, -0.2) is 13.6 Å². The number of ether oxygens (including phenoxy) is 1. The first-order chi connectivity index (χ1) is 14.3. The second kappa shape index (κ2) is 7.21. The van der Waals surface area contributed by atoms with Crippen molar-refractivity contribution in [3.63, 3.8) is 0 Å². The highest BCUT2D eigenvalue weighted by atomic mass is 19.2. The van der Waals surface area contributed by atoms with Crippen molar-refractivity contribution in [3.05, 3.63) is 65.6 Å². The molecular formula is C20H16F2N4O4. The number of carbonyl (C=O) groups is 2. The zero-order chi connectivity index (χ0) is 21.5. The van der Waals surface area contributed by atoms with Crippen molar-refractivity contribution in [2.75, 3.05) is 7.11 Å². The molecule has 0 spiro atoms. The van der Waals surface area contributed by atoms with E-state index in [1.165, 1.54) is 13.0 Å². The summed E-state index contributed by atoms with van der Waals surface area (Å²) >= 11 is 0. The van der Waals surface area contributed by atoms with Gasteiger partial charge in [-0.15, -0.1) is 0 Å². The molecule has 10 heteroatoms. The van der Waals surface area contributed by atoms with Crippen LogP contribution < -0.4 is 10.1 Å². The van der Waals surface area contributed by atoms with Crippen LogP contribution in [0.1, 0.15) is 18.4 Å². The molecule has 1 aliphatic heterocycles. The van der Waals surface area contributed by atoms with Gasteiger partial charge in [0.15, 0.2) is 11.6 Å². The lowest BCUT2D eigenvalue weighted by atomic mass is 9.92. The molecule has 1 atom stereocenters. The summed E-state index contributed by atoms with van der Waals surface area (Å²) in [6, 6.07) is 9.25. The number of rotatable bonds is 5. The molecule has 3 aromatic rings. The van der Waals surface area contributed by atoms with E-state index >= 15 is 0 Å². The summed E-state index contributed by atoms with van der Waals surface area (Å²) in [5.41, 5.74) is -0.772. The van der Waals surface area contributed by atoms with Gasteiger partial charge in [0.1, 0.15) is 17.8 Å². The van der Waals surface area contributed by atoms with Crippen LogP contribution in [0.2, 0.25) is 0 Å². The van der Waals surface area contributed by atoms with Crippen LogP contribution in [0.15, 0.2) is 47.0 Å².